The molecule has 7 heteroatoms. The third-order valence-corrected chi connectivity index (χ3v) is 4.96. The van der Waals surface area contributed by atoms with Crippen molar-refractivity contribution < 1.29 is 8.42 Å². The van der Waals surface area contributed by atoms with E-state index < -0.39 is 10.0 Å². The van der Waals surface area contributed by atoms with Crippen LogP contribution in [0.5, 0.6) is 0 Å². The zero-order valence-corrected chi connectivity index (χ0v) is 12.4. The maximum Gasteiger partial charge on any atom is 0.211 e. The molecule has 1 fully saturated rings. The third kappa shape index (κ3) is 3.77. The van der Waals surface area contributed by atoms with Crippen LogP contribution >= 0.6 is 0 Å². The number of nitrogens with zero attached hydrogens (tertiary/aromatic N) is 3. The Morgan fingerprint density at radius 2 is 2.16 bits per heavy atom. The monoisotopic (exact) mass is 286 g/mol. The molecule has 6 nitrogen and oxygen atoms in total. The van der Waals surface area contributed by atoms with Crippen LogP contribution in [0.25, 0.3) is 0 Å². The van der Waals surface area contributed by atoms with E-state index in [1.807, 2.05) is 17.7 Å². The lowest BCUT2D eigenvalue weighted by Gasteiger charge is -2.32. The van der Waals surface area contributed by atoms with Gasteiger partial charge < -0.3 is 9.88 Å². The van der Waals surface area contributed by atoms with Crippen molar-refractivity contribution in [2.45, 2.75) is 32.4 Å². The van der Waals surface area contributed by atoms with Crippen molar-refractivity contribution in [1.29, 1.82) is 0 Å². The normalized spacial score (nSPS) is 18.1. The van der Waals surface area contributed by atoms with Gasteiger partial charge in [-0.3, -0.25) is 0 Å². The summed E-state index contributed by atoms with van der Waals surface area (Å²) < 4.78 is 27.5. The minimum Gasteiger partial charge on any atom is -0.334 e. The standard InChI is InChI=1S/C12H22N4O2S/c1-11-14-7-8-15(11)9-10-16(19(2,17)18)12-3-5-13-6-4-12/h7-8,12-13H,3-6,9-10H2,1-2H3. The third-order valence-electron chi connectivity index (χ3n) is 3.63. The van der Waals surface area contributed by atoms with Gasteiger partial charge in [-0.2, -0.15) is 4.31 Å². The van der Waals surface area contributed by atoms with Crippen LogP contribution in [0.2, 0.25) is 0 Å². The van der Waals surface area contributed by atoms with E-state index in [0.29, 0.717) is 13.1 Å². The summed E-state index contributed by atoms with van der Waals surface area (Å²) in [5.74, 6) is 0.916. The van der Waals surface area contributed by atoms with Crippen molar-refractivity contribution in [2.24, 2.45) is 0 Å². The van der Waals surface area contributed by atoms with Crippen LogP contribution in [-0.2, 0) is 16.6 Å². The maximum absolute atomic E-state index is 12.0. The van der Waals surface area contributed by atoms with E-state index in [0.717, 1.165) is 31.8 Å². The second-order valence-electron chi connectivity index (χ2n) is 5.02. The molecular formula is C12H22N4O2S. The summed E-state index contributed by atoms with van der Waals surface area (Å²) in [5, 5.41) is 3.26. The first-order chi connectivity index (χ1) is 8.98. The van der Waals surface area contributed by atoms with Crippen LogP contribution < -0.4 is 5.32 Å². The average molecular weight is 286 g/mol. The van der Waals surface area contributed by atoms with Gasteiger partial charge in [-0.05, 0) is 32.9 Å². The Morgan fingerprint density at radius 1 is 1.47 bits per heavy atom. The van der Waals surface area contributed by atoms with Crippen molar-refractivity contribution in [1.82, 2.24) is 19.2 Å². The van der Waals surface area contributed by atoms with Crippen LogP contribution in [0.15, 0.2) is 12.4 Å². The molecule has 0 aliphatic carbocycles. The molecule has 0 atom stereocenters. The summed E-state index contributed by atoms with van der Waals surface area (Å²) in [6, 6.07) is 0.125. The Labute approximate surface area is 114 Å². The number of hydrogen-bond acceptors (Lipinski definition) is 4. The quantitative estimate of drug-likeness (QED) is 0.840. The second-order valence-corrected chi connectivity index (χ2v) is 6.96. The van der Waals surface area contributed by atoms with Gasteiger partial charge in [0.15, 0.2) is 0 Å². The molecule has 0 radical (unpaired) electrons. The minimum absolute atomic E-state index is 0.125. The highest BCUT2D eigenvalue weighted by Crippen LogP contribution is 2.15. The van der Waals surface area contributed by atoms with Gasteiger partial charge in [0.2, 0.25) is 10.0 Å². The number of rotatable bonds is 5. The Kier molecular flexibility index (Phi) is 4.59. The molecule has 1 aliphatic rings. The molecule has 1 aliphatic heterocycles. The topological polar surface area (TPSA) is 67.2 Å². The summed E-state index contributed by atoms with van der Waals surface area (Å²) in [7, 11) is -3.16. The smallest absolute Gasteiger partial charge is 0.211 e. The van der Waals surface area contributed by atoms with Gasteiger partial charge in [0.05, 0.1) is 6.26 Å². The van der Waals surface area contributed by atoms with E-state index in [2.05, 4.69) is 10.3 Å². The molecule has 0 unspecified atom stereocenters. The SMILES string of the molecule is Cc1nccn1CCN(C1CCNCC1)S(C)(=O)=O. The molecule has 1 aromatic heterocycles. The largest absolute Gasteiger partial charge is 0.334 e. The fourth-order valence-electron chi connectivity index (χ4n) is 2.56. The molecule has 1 saturated heterocycles. The Bertz CT molecular complexity index is 506. The molecule has 19 heavy (non-hydrogen) atoms. The van der Waals surface area contributed by atoms with Crippen LogP contribution in [0.3, 0.4) is 0 Å². The molecule has 0 amide bonds. The van der Waals surface area contributed by atoms with Crippen molar-refractivity contribution in [3.8, 4) is 0 Å². The van der Waals surface area contributed by atoms with Crippen molar-refractivity contribution in [3.05, 3.63) is 18.2 Å². The first-order valence-electron chi connectivity index (χ1n) is 6.64. The number of nitrogens with one attached hydrogen (secondary N) is 1. The number of sulfonamides is 1. The summed E-state index contributed by atoms with van der Waals surface area (Å²) in [4.78, 5) is 4.15. The summed E-state index contributed by atoms with van der Waals surface area (Å²) in [5.41, 5.74) is 0. The van der Waals surface area contributed by atoms with Crippen molar-refractivity contribution >= 4 is 10.0 Å². The molecular weight excluding hydrogens is 264 g/mol. The fourth-order valence-corrected chi connectivity index (χ4v) is 3.73. The van der Waals surface area contributed by atoms with E-state index in [4.69, 9.17) is 0 Å². The van der Waals surface area contributed by atoms with Crippen LogP contribution in [0.4, 0.5) is 0 Å². The van der Waals surface area contributed by atoms with E-state index in [-0.39, 0.29) is 6.04 Å². The van der Waals surface area contributed by atoms with E-state index >= 15 is 0 Å². The molecule has 2 heterocycles. The Morgan fingerprint density at radius 3 is 2.68 bits per heavy atom. The van der Waals surface area contributed by atoms with E-state index in [1.54, 1.807) is 10.5 Å². The highest BCUT2D eigenvalue weighted by molar-refractivity contribution is 7.88. The number of hydrogen-bond donors (Lipinski definition) is 1. The van der Waals surface area contributed by atoms with Crippen LogP contribution in [-0.4, -0.2) is 54.2 Å². The van der Waals surface area contributed by atoms with Gasteiger partial charge in [0.1, 0.15) is 5.82 Å². The number of piperidine rings is 1. The first kappa shape index (κ1) is 14.5. The summed E-state index contributed by atoms with van der Waals surface area (Å²) in [6.45, 7) is 4.88. The zero-order valence-electron chi connectivity index (χ0n) is 11.5. The Balaban J connectivity index is 2.04. The van der Waals surface area contributed by atoms with Gasteiger partial charge in [-0.25, -0.2) is 13.4 Å². The van der Waals surface area contributed by atoms with Crippen LogP contribution in [0, 0.1) is 6.92 Å². The predicted octanol–water partition coefficient (Wildman–Crippen LogP) is 0.205. The van der Waals surface area contributed by atoms with Gasteiger partial charge in [0.25, 0.3) is 0 Å². The fraction of sp³-hybridized carbons (Fsp3) is 0.750. The van der Waals surface area contributed by atoms with Crippen molar-refractivity contribution in [2.75, 3.05) is 25.9 Å². The maximum atomic E-state index is 12.0. The molecule has 0 bridgehead atoms. The lowest BCUT2D eigenvalue weighted by Crippen LogP contribution is -2.46. The molecule has 0 aromatic carbocycles. The average Bonchev–Trinajstić information content (AvgIpc) is 2.75. The summed E-state index contributed by atoms with van der Waals surface area (Å²) >= 11 is 0. The predicted molar refractivity (Wildman–Crippen MR) is 74.4 cm³/mol. The van der Waals surface area contributed by atoms with E-state index in [1.165, 1.54) is 6.26 Å². The number of aryl methyl sites for hydroxylation is 1. The highest BCUT2D eigenvalue weighted by atomic mass is 32.2. The number of imidazole rings is 1. The van der Waals surface area contributed by atoms with Gasteiger partial charge in [0, 0.05) is 31.5 Å². The first-order valence-corrected chi connectivity index (χ1v) is 8.48. The molecule has 1 N–H and O–H groups in total. The zero-order chi connectivity index (χ0) is 13.9. The van der Waals surface area contributed by atoms with E-state index in [9.17, 15) is 8.42 Å². The molecule has 2 rings (SSSR count). The molecule has 0 spiro atoms. The highest BCUT2D eigenvalue weighted by Gasteiger charge is 2.27. The van der Waals surface area contributed by atoms with Gasteiger partial charge >= 0.3 is 0 Å². The van der Waals surface area contributed by atoms with Crippen LogP contribution in [0.1, 0.15) is 18.7 Å². The second kappa shape index (κ2) is 6.02. The lowest BCUT2D eigenvalue weighted by molar-refractivity contribution is 0.256. The summed E-state index contributed by atoms with van der Waals surface area (Å²) in [6.07, 6.45) is 6.70. The molecule has 108 valence electrons. The minimum atomic E-state index is -3.16. The van der Waals surface area contributed by atoms with Gasteiger partial charge in [-0.15, -0.1) is 0 Å². The number of aromatic nitrogens is 2. The van der Waals surface area contributed by atoms with Gasteiger partial charge in [-0.1, -0.05) is 0 Å². The molecule has 0 saturated carbocycles. The molecule has 1 aromatic rings. The lowest BCUT2D eigenvalue weighted by atomic mass is 10.1. The Hall–Kier alpha value is -0.920. The van der Waals surface area contributed by atoms with Crippen molar-refractivity contribution in [3.63, 3.8) is 0 Å².